The first kappa shape index (κ1) is 22.8. The lowest BCUT2D eigenvalue weighted by Crippen LogP contribution is -2.45. The number of carboxylic acid groups (broad SMARTS) is 1. The van der Waals surface area contributed by atoms with Gasteiger partial charge in [-0.15, -0.1) is 0 Å². The van der Waals surface area contributed by atoms with Gasteiger partial charge in [0, 0.05) is 5.56 Å². The van der Waals surface area contributed by atoms with Gasteiger partial charge in [-0.2, -0.15) is 0 Å². The minimum atomic E-state index is -1.16. The van der Waals surface area contributed by atoms with Crippen molar-refractivity contribution in [2.45, 2.75) is 33.2 Å². The molecule has 0 unspecified atom stereocenters. The van der Waals surface area contributed by atoms with E-state index >= 15 is 0 Å². The molecule has 30 heavy (non-hydrogen) atoms. The van der Waals surface area contributed by atoms with Gasteiger partial charge in [0.05, 0.1) is 0 Å². The number of aryl methyl sites for hydroxylation is 1. The van der Waals surface area contributed by atoms with Crippen molar-refractivity contribution in [2.75, 3.05) is 0 Å². The quantitative estimate of drug-likeness (QED) is 0.578. The molecule has 7 heteroatoms. The molecule has 1 atom stereocenters. The molecule has 3 N–H and O–H groups in total. The van der Waals surface area contributed by atoms with Gasteiger partial charge in [0.15, 0.2) is 0 Å². The maximum Gasteiger partial charge on any atom is 0.326 e. The molecule has 2 aromatic carbocycles. The van der Waals surface area contributed by atoms with Crippen molar-refractivity contribution in [1.82, 2.24) is 10.6 Å². The molecule has 0 aliphatic rings. The average molecular weight is 412 g/mol. The van der Waals surface area contributed by atoms with Crippen LogP contribution in [0.4, 0.5) is 4.39 Å². The Hall–Kier alpha value is -3.48. The molecule has 0 saturated heterocycles. The van der Waals surface area contributed by atoms with Crippen LogP contribution in [-0.4, -0.2) is 28.9 Å². The average Bonchev–Trinajstić information content (AvgIpc) is 2.68. The zero-order chi connectivity index (χ0) is 22.3. The molecule has 0 heterocycles. The van der Waals surface area contributed by atoms with Gasteiger partial charge in [0.1, 0.15) is 17.6 Å². The summed E-state index contributed by atoms with van der Waals surface area (Å²) >= 11 is 0. The fraction of sp³-hybridized carbons (Fsp3) is 0.261. The molecule has 6 nitrogen and oxygen atoms in total. The number of hydrogen-bond acceptors (Lipinski definition) is 3. The van der Waals surface area contributed by atoms with E-state index in [1.807, 2.05) is 20.8 Å². The third kappa shape index (κ3) is 6.84. The Balaban J connectivity index is 2.31. The SMILES string of the molecule is Cc1ccc(C(=O)N/C(=C/c2ccc(F)cc2)C(=O)N[C@@H](CC(C)C)C(=O)O)cc1. The van der Waals surface area contributed by atoms with Crippen molar-refractivity contribution >= 4 is 23.9 Å². The molecular formula is C23H25FN2O4. The van der Waals surface area contributed by atoms with E-state index in [1.54, 1.807) is 24.3 Å². The molecule has 2 rings (SSSR count). The minimum Gasteiger partial charge on any atom is -0.480 e. The smallest absolute Gasteiger partial charge is 0.326 e. The number of aliphatic carboxylic acids is 1. The summed E-state index contributed by atoms with van der Waals surface area (Å²) < 4.78 is 13.2. The zero-order valence-electron chi connectivity index (χ0n) is 17.1. The summed E-state index contributed by atoms with van der Waals surface area (Å²) in [4.78, 5) is 36.9. The molecule has 0 radical (unpaired) electrons. The number of halogens is 1. The third-order valence-electron chi connectivity index (χ3n) is 4.30. The van der Waals surface area contributed by atoms with E-state index in [0.717, 1.165) is 5.56 Å². The molecule has 0 spiro atoms. The van der Waals surface area contributed by atoms with E-state index in [9.17, 15) is 23.9 Å². The molecule has 2 amide bonds. The largest absolute Gasteiger partial charge is 0.480 e. The summed E-state index contributed by atoms with van der Waals surface area (Å²) in [6.45, 7) is 5.57. The monoisotopic (exact) mass is 412 g/mol. The van der Waals surface area contributed by atoms with E-state index in [2.05, 4.69) is 10.6 Å². The topological polar surface area (TPSA) is 95.5 Å². The molecule has 0 aliphatic carbocycles. The molecule has 0 saturated carbocycles. The standard InChI is InChI=1S/C23H25FN2O4/c1-14(2)12-20(23(29)30)26-22(28)19(13-16-6-10-18(24)11-7-16)25-21(27)17-8-4-15(3)5-9-17/h4-11,13-14,20H,12H2,1-3H3,(H,25,27)(H,26,28)(H,29,30)/b19-13+/t20-/m0/s1. The highest BCUT2D eigenvalue weighted by atomic mass is 19.1. The van der Waals surface area contributed by atoms with Crippen LogP contribution in [0.2, 0.25) is 0 Å². The van der Waals surface area contributed by atoms with Crippen LogP contribution < -0.4 is 10.6 Å². The first-order valence-corrected chi connectivity index (χ1v) is 9.54. The van der Waals surface area contributed by atoms with E-state index in [0.29, 0.717) is 11.1 Å². The Morgan fingerprint density at radius 3 is 2.17 bits per heavy atom. The predicted molar refractivity (Wildman–Crippen MR) is 112 cm³/mol. The summed E-state index contributed by atoms with van der Waals surface area (Å²) in [7, 11) is 0. The molecular weight excluding hydrogens is 387 g/mol. The normalized spacial score (nSPS) is 12.4. The van der Waals surface area contributed by atoms with E-state index in [-0.39, 0.29) is 18.0 Å². The molecule has 0 bridgehead atoms. The van der Waals surface area contributed by atoms with Crippen LogP contribution in [0.15, 0.2) is 54.2 Å². The highest BCUT2D eigenvalue weighted by Crippen LogP contribution is 2.11. The summed E-state index contributed by atoms with van der Waals surface area (Å²) in [6, 6.07) is 11.0. The first-order valence-electron chi connectivity index (χ1n) is 9.54. The van der Waals surface area contributed by atoms with Gasteiger partial charge in [-0.1, -0.05) is 43.7 Å². The van der Waals surface area contributed by atoms with Gasteiger partial charge in [-0.05, 0) is 55.2 Å². The number of benzene rings is 2. The Bertz CT molecular complexity index is 935. The minimum absolute atomic E-state index is 0.0399. The van der Waals surface area contributed by atoms with Gasteiger partial charge in [0.2, 0.25) is 0 Å². The summed E-state index contributed by atoms with van der Waals surface area (Å²) in [5.41, 5.74) is 1.66. The Morgan fingerprint density at radius 1 is 1.03 bits per heavy atom. The van der Waals surface area contributed by atoms with E-state index in [4.69, 9.17) is 0 Å². The summed E-state index contributed by atoms with van der Waals surface area (Å²) in [5.74, 6) is -2.83. The molecule has 0 aliphatic heterocycles. The first-order chi connectivity index (χ1) is 14.2. The van der Waals surface area contributed by atoms with Crippen LogP contribution in [0.3, 0.4) is 0 Å². The summed E-state index contributed by atoms with van der Waals surface area (Å²) in [5, 5.41) is 14.4. The number of amides is 2. The van der Waals surface area contributed by atoms with Crippen molar-refractivity contribution in [3.63, 3.8) is 0 Å². The van der Waals surface area contributed by atoms with Crippen LogP contribution in [-0.2, 0) is 9.59 Å². The van der Waals surface area contributed by atoms with Crippen molar-refractivity contribution in [3.8, 4) is 0 Å². The fourth-order valence-electron chi connectivity index (χ4n) is 2.71. The van der Waals surface area contributed by atoms with Crippen molar-refractivity contribution < 1.29 is 23.9 Å². The second kappa shape index (κ2) is 10.3. The predicted octanol–water partition coefficient (Wildman–Crippen LogP) is 3.52. The van der Waals surface area contributed by atoms with Gasteiger partial charge in [0.25, 0.3) is 11.8 Å². The fourth-order valence-corrected chi connectivity index (χ4v) is 2.71. The maximum atomic E-state index is 13.2. The Labute approximate surface area is 174 Å². The lowest BCUT2D eigenvalue weighted by atomic mass is 10.0. The highest BCUT2D eigenvalue weighted by molar-refractivity contribution is 6.06. The van der Waals surface area contributed by atoms with Crippen molar-refractivity contribution in [1.29, 1.82) is 0 Å². The van der Waals surface area contributed by atoms with Crippen LogP contribution in [0.25, 0.3) is 6.08 Å². The lowest BCUT2D eigenvalue weighted by molar-refractivity contribution is -0.141. The molecule has 158 valence electrons. The highest BCUT2D eigenvalue weighted by Gasteiger charge is 2.24. The van der Waals surface area contributed by atoms with Gasteiger partial charge in [-0.25, -0.2) is 9.18 Å². The molecule has 0 aromatic heterocycles. The Morgan fingerprint density at radius 2 is 1.63 bits per heavy atom. The Kier molecular flexibility index (Phi) is 7.86. The van der Waals surface area contributed by atoms with Crippen molar-refractivity contribution in [3.05, 3.63) is 76.7 Å². The lowest BCUT2D eigenvalue weighted by Gasteiger charge is -2.18. The number of rotatable bonds is 8. The van der Waals surface area contributed by atoms with Crippen LogP contribution in [0.5, 0.6) is 0 Å². The number of nitrogens with one attached hydrogen (secondary N) is 2. The number of carbonyl (C=O) groups excluding carboxylic acids is 2. The number of carboxylic acids is 1. The van der Waals surface area contributed by atoms with Crippen LogP contribution in [0, 0.1) is 18.7 Å². The van der Waals surface area contributed by atoms with Gasteiger partial charge < -0.3 is 15.7 Å². The summed E-state index contributed by atoms with van der Waals surface area (Å²) in [6.07, 6.45) is 1.60. The van der Waals surface area contributed by atoms with Gasteiger partial charge in [-0.3, -0.25) is 9.59 Å². The number of hydrogen-bond donors (Lipinski definition) is 3. The van der Waals surface area contributed by atoms with Crippen LogP contribution >= 0.6 is 0 Å². The maximum absolute atomic E-state index is 13.2. The van der Waals surface area contributed by atoms with E-state index in [1.165, 1.54) is 30.3 Å². The number of carbonyl (C=O) groups is 3. The van der Waals surface area contributed by atoms with Crippen LogP contribution in [0.1, 0.15) is 41.8 Å². The zero-order valence-corrected chi connectivity index (χ0v) is 17.1. The molecule has 2 aromatic rings. The third-order valence-corrected chi connectivity index (χ3v) is 4.30. The molecule has 0 fully saturated rings. The van der Waals surface area contributed by atoms with Crippen molar-refractivity contribution in [2.24, 2.45) is 5.92 Å². The second-order valence-electron chi connectivity index (χ2n) is 7.42. The van der Waals surface area contributed by atoms with Gasteiger partial charge >= 0.3 is 5.97 Å². The second-order valence-corrected chi connectivity index (χ2v) is 7.42. The van der Waals surface area contributed by atoms with E-state index < -0.39 is 29.6 Å².